The lowest BCUT2D eigenvalue weighted by molar-refractivity contribution is -0.153. The van der Waals surface area contributed by atoms with Crippen LogP contribution in [0.3, 0.4) is 0 Å². The molecule has 0 radical (unpaired) electrons. The second-order valence-corrected chi connectivity index (χ2v) is 4.64. The molecule has 7 heteroatoms. The highest BCUT2D eigenvalue weighted by Crippen LogP contribution is 2.15. The third kappa shape index (κ3) is 8.11. The van der Waals surface area contributed by atoms with Crippen molar-refractivity contribution in [3.05, 3.63) is 24.3 Å². The molecule has 0 aromatic heterocycles. The van der Waals surface area contributed by atoms with Gasteiger partial charge in [-0.05, 0) is 31.2 Å². The lowest BCUT2D eigenvalue weighted by Gasteiger charge is -2.18. The van der Waals surface area contributed by atoms with Crippen LogP contribution >= 0.6 is 0 Å². The number of carbonyl (C=O) groups is 1. The molecule has 0 aliphatic heterocycles. The number of aliphatic carboxylic acids is 1. The van der Waals surface area contributed by atoms with E-state index >= 15 is 0 Å². The van der Waals surface area contributed by atoms with Gasteiger partial charge in [-0.25, -0.2) is 4.21 Å². The van der Waals surface area contributed by atoms with Crippen LogP contribution in [0, 0.1) is 0 Å². The number of methoxy groups -OCH3 is 1. The Morgan fingerprint density at radius 3 is 2.00 bits per heavy atom. The number of nitrogens with zero attached hydrogens (tertiary/aromatic N) is 1. The van der Waals surface area contributed by atoms with Crippen LogP contribution in [0.1, 0.15) is 34.6 Å². The molecule has 0 spiro atoms. The summed E-state index contributed by atoms with van der Waals surface area (Å²) in [6, 6.07) is 5.60. The highest BCUT2D eigenvalue weighted by Gasteiger charge is 2.20. The molecule has 2 atom stereocenters. The zero-order chi connectivity index (χ0) is 17.7. The van der Waals surface area contributed by atoms with E-state index in [1.165, 1.54) is 21.1 Å². The largest absolute Gasteiger partial charge is 0.497 e. The van der Waals surface area contributed by atoms with Gasteiger partial charge in [0.25, 0.3) is 0 Å². The molecule has 0 bridgehead atoms. The van der Waals surface area contributed by atoms with Gasteiger partial charge in [-0.15, -0.1) is 0 Å². The molecule has 22 heavy (non-hydrogen) atoms. The number of likely N-dealkylation sites (N-methyl/N-ethyl adjacent to an activating group) is 1. The molecule has 1 N–H and O–H groups in total. The second-order valence-electron chi connectivity index (χ2n) is 3.55. The predicted molar refractivity (Wildman–Crippen MR) is 88.0 cm³/mol. The lowest BCUT2D eigenvalue weighted by Crippen LogP contribution is -2.36. The number of carboxylic acid groups (broad SMARTS) is 1. The predicted octanol–water partition coefficient (Wildman–Crippen LogP) is 3.11. The summed E-state index contributed by atoms with van der Waals surface area (Å²) in [5, 5.41) is 9.81. The van der Waals surface area contributed by atoms with E-state index in [1.54, 1.807) is 24.3 Å². The van der Waals surface area contributed by atoms with E-state index in [2.05, 4.69) is 0 Å². The summed E-state index contributed by atoms with van der Waals surface area (Å²) in [6.45, 7) is 9.44. The van der Waals surface area contributed by atoms with Gasteiger partial charge in [-0.1, -0.05) is 27.7 Å². The Balaban J connectivity index is 0. The summed E-state index contributed by atoms with van der Waals surface area (Å²) in [6.07, 6.45) is 0. The molecule has 1 aromatic rings. The normalized spacial score (nSPS) is 12.2. The average Bonchev–Trinajstić information content (AvgIpc) is 2.57. The van der Waals surface area contributed by atoms with E-state index in [0.29, 0.717) is 10.6 Å². The Morgan fingerprint density at radius 1 is 1.18 bits per heavy atom. The van der Waals surface area contributed by atoms with Gasteiger partial charge in [0, 0.05) is 7.05 Å². The molecule has 0 aliphatic carbocycles. The van der Waals surface area contributed by atoms with Crippen LogP contribution in [-0.4, -0.2) is 40.5 Å². The van der Waals surface area contributed by atoms with E-state index in [9.17, 15) is 9.00 Å². The Hall–Kier alpha value is -1.44. The standard InChI is InChI=1S/C11H15NO5S.2C2H6/c1-8(11(13)14)12(2)17-18(15)10-6-4-9(16-3)5-7-10;2*1-2/h4-8H,1-3H3,(H,13,14);2*1-2H3. The van der Waals surface area contributed by atoms with E-state index in [4.69, 9.17) is 14.1 Å². The molecule has 1 aromatic carbocycles. The quantitative estimate of drug-likeness (QED) is 0.806. The van der Waals surface area contributed by atoms with Gasteiger partial charge in [-0.3, -0.25) is 4.79 Å². The fourth-order valence-electron chi connectivity index (χ4n) is 1.06. The minimum absolute atomic E-state index is 0.431. The number of hydrogen-bond donors (Lipinski definition) is 1. The van der Waals surface area contributed by atoms with Crippen LogP contribution in [0.2, 0.25) is 0 Å². The van der Waals surface area contributed by atoms with Gasteiger partial charge in [-0.2, -0.15) is 9.35 Å². The number of carboxylic acids is 1. The Kier molecular flexibility index (Phi) is 13.7. The molecule has 0 heterocycles. The van der Waals surface area contributed by atoms with Crippen molar-refractivity contribution in [2.45, 2.75) is 45.6 Å². The van der Waals surface area contributed by atoms with Crippen molar-refractivity contribution in [1.29, 1.82) is 0 Å². The van der Waals surface area contributed by atoms with Gasteiger partial charge >= 0.3 is 5.97 Å². The van der Waals surface area contributed by atoms with Crippen molar-refractivity contribution >= 4 is 17.0 Å². The first kappa shape index (κ1) is 22.8. The molecule has 0 aliphatic rings. The second kappa shape index (κ2) is 13.2. The topological polar surface area (TPSA) is 76.1 Å². The van der Waals surface area contributed by atoms with Crippen LogP contribution in [0.25, 0.3) is 0 Å². The highest BCUT2D eigenvalue weighted by molar-refractivity contribution is 7.80. The Morgan fingerprint density at radius 2 is 1.64 bits per heavy atom. The van der Waals surface area contributed by atoms with E-state index in [-0.39, 0.29) is 0 Å². The van der Waals surface area contributed by atoms with Gasteiger partial charge in [0.2, 0.25) is 11.1 Å². The monoisotopic (exact) mass is 333 g/mol. The van der Waals surface area contributed by atoms with Crippen molar-refractivity contribution < 1.29 is 23.1 Å². The molecule has 2 unspecified atom stereocenters. The summed E-state index contributed by atoms with van der Waals surface area (Å²) < 4.78 is 21.8. The van der Waals surface area contributed by atoms with E-state index in [0.717, 1.165) is 5.06 Å². The number of ether oxygens (including phenoxy) is 1. The molecular formula is C15H27NO5S. The SMILES string of the molecule is CC.CC.COc1ccc(S(=O)ON(C)C(C)C(=O)O)cc1. The van der Waals surface area contributed by atoms with E-state index in [1.807, 2.05) is 27.7 Å². The molecule has 6 nitrogen and oxygen atoms in total. The molecule has 128 valence electrons. The maximum absolute atomic E-state index is 11.8. The fraction of sp³-hybridized carbons (Fsp3) is 0.533. The first-order chi connectivity index (χ1) is 10.5. The molecule has 0 saturated carbocycles. The van der Waals surface area contributed by atoms with Crippen molar-refractivity contribution in [1.82, 2.24) is 5.06 Å². The average molecular weight is 333 g/mol. The minimum Gasteiger partial charge on any atom is -0.497 e. The molecule has 0 fully saturated rings. The molecule has 1 rings (SSSR count). The molecule has 0 saturated heterocycles. The van der Waals surface area contributed by atoms with E-state index < -0.39 is 23.1 Å². The third-order valence-corrected chi connectivity index (χ3v) is 3.37. The summed E-state index contributed by atoms with van der Waals surface area (Å²) in [5.41, 5.74) is 0. The van der Waals surface area contributed by atoms with Gasteiger partial charge in [0.05, 0.1) is 12.0 Å². The van der Waals surface area contributed by atoms with Crippen LogP contribution in [0.15, 0.2) is 29.2 Å². The first-order valence-electron chi connectivity index (χ1n) is 7.15. The van der Waals surface area contributed by atoms with Crippen molar-refractivity contribution in [2.24, 2.45) is 0 Å². The molecule has 0 amide bonds. The minimum atomic E-state index is -1.75. The number of hydrogen-bond acceptors (Lipinski definition) is 5. The number of hydroxylamine groups is 2. The zero-order valence-electron chi connectivity index (χ0n) is 14.3. The zero-order valence-corrected chi connectivity index (χ0v) is 15.1. The first-order valence-corrected chi connectivity index (χ1v) is 8.23. The lowest BCUT2D eigenvalue weighted by atomic mass is 10.3. The maximum atomic E-state index is 11.8. The van der Waals surface area contributed by atoms with Gasteiger partial charge in [0.15, 0.2) is 0 Å². The van der Waals surface area contributed by atoms with Crippen molar-refractivity contribution in [3.63, 3.8) is 0 Å². The summed E-state index contributed by atoms with van der Waals surface area (Å²) in [5.74, 6) is -0.410. The Labute approximate surface area is 135 Å². The maximum Gasteiger partial charge on any atom is 0.323 e. The van der Waals surface area contributed by atoms with Crippen LogP contribution < -0.4 is 4.74 Å². The smallest absolute Gasteiger partial charge is 0.323 e. The summed E-state index contributed by atoms with van der Waals surface area (Å²) >= 11 is -1.75. The van der Waals surface area contributed by atoms with Crippen LogP contribution in [-0.2, 0) is 20.2 Å². The van der Waals surface area contributed by atoms with Crippen LogP contribution in [0.5, 0.6) is 5.75 Å². The Bertz CT molecular complexity index is 436. The highest BCUT2D eigenvalue weighted by atomic mass is 32.2. The summed E-state index contributed by atoms with van der Waals surface area (Å²) in [4.78, 5) is 11.1. The van der Waals surface area contributed by atoms with Crippen molar-refractivity contribution in [3.8, 4) is 5.75 Å². The third-order valence-electron chi connectivity index (χ3n) is 2.34. The van der Waals surface area contributed by atoms with Crippen LogP contribution in [0.4, 0.5) is 0 Å². The number of benzene rings is 1. The molecular weight excluding hydrogens is 306 g/mol. The summed E-state index contributed by atoms with van der Waals surface area (Å²) in [7, 11) is 2.95. The van der Waals surface area contributed by atoms with Gasteiger partial charge < -0.3 is 9.84 Å². The fourth-order valence-corrected chi connectivity index (χ4v) is 1.84. The van der Waals surface area contributed by atoms with Gasteiger partial charge in [0.1, 0.15) is 11.8 Å². The number of rotatable bonds is 6. The van der Waals surface area contributed by atoms with Crippen molar-refractivity contribution in [2.75, 3.05) is 14.2 Å².